The molecule has 1 aromatic carbocycles. The summed E-state index contributed by atoms with van der Waals surface area (Å²) in [4.78, 5) is 76.6. The van der Waals surface area contributed by atoms with Gasteiger partial charge in [-0.1, -0.05) is 76.3 Å². The van der Waals surface area contributed by atoms with Gasteiger partial charge in [0.25, 0.3) is 0 Å². The van der Waals surface area contributed by atoms with Crippen LogP contribution in [0.15, 0.2) is 72.4 Å². The van der Waals surface area contributed by atoms with E-state index in [1.54, 1.807) is 12.5 Å². The van der Waals surface area contributed by atoms with Gasteiger partial charge < -0.3 is 35.8 Å². The molecule has 2 aliphatic rings. The Kier molecular flexibility index (Phi) is 16.5. The highest BCUT2D eigenvalue weighted by molar-refractivity contribution is 7.92. The highest BCUT2D eigenvalue weighted by Gasteiger charge is 2.36. The minimum atomic E-state index is -3.84. The average Bonchev–Trinajstić information content (AvgIpc) is 3.73. The molecular formula is C42H58N8O8S. The third-order valence-electron chi connectivity index (χ3n) is 10.8. The summed E-state index contributed by atoms with van der Waals surface area (Å²) in [7, 11) is -3.84. The SMILES string of the molecule is CC(C)C[C@H](NC(=O)[C@H](Cc1ccccc1)NC(=O)CCN1C(=O)CS(=O)(=O)c2ccncc21)C(=O)N[C@@H](CC1CCCCC1)[C@@H](O)CC(=O)NCCCn1ccnc1. The Morgan fingerprint density at radius 1 is 0.898 bits per heavy atom. The molecule has 320 valence electrons. The largest absolute Gasteiger partial charge is 0.390 e. The maximum Gasteiger partial charge on any atom is 0.243 e. The van der Waals surface area contributed by atoms with Crippen LogP contribution in [0.1, 0.15) is 83.6 Å². The second-order valence-corrected chi connectivity index (χ2v) is 18.0. The van der Waals surface area contributed by atoms with Crippen LogP contribution in [0.5, 0.6) is 0 Å². The fourth-order valence-corrected chi connectivity index (χ4v) is 9.13. The molecule has 59 heavy (non-hydrogen) atoms. The van der Waals surface area contributed by atoms with Gasteiger partial charge in [-0.3, -0.25) is 29.0 Å². The number of aromatic nitrogens is 3. The zero-order chi connectivity index (χ0) is 42.4. The number of amides is 5. The molecule has 3 aromatic rings. The minimum Gasteiger partial charge on any atom is -0.390 e. The molecule has 5 amide bonds. The average molecular weight is 835 g/mol. The van der Waals surface area contributed by atoms with E-state index in [9.17, 15) is 37.5 Å². The fourth-order valence-electron chi connectivity index (χ4n) is 7.74. The second-order valence-electron chi connectivity index (χ2n) is 16.0. The number of carbonyl (C=O) groups excluding carboxylic acids is 5. The number of hydrogen-bond acceptors (Lipinski definition) is 10. The first-order valence-corrected chi connectivity index (χ1v) is 22.3. The number of rotatable bonds is 21. The Bertz CT molecular complexity index is 1970. The number of carbonyl (C=O) groups is 5. The molecule has 1 aliphatic heterocycles. The lowest BCUT2D eigenvalue weighted by Crippen LogP contribution is -2.57. The molecule has 16 nitrogen and oxygen atoms in total. The molecule has 3 heterocycles. The van der Waals surface area contributed by atoms with Crippen molar-refractivity contribution in [2.75, 3.05) is 23.7 Å². The molecule has 4 atom stereocenters. The zero-order valence-corrected chi connectivity index (χ0v) is 34.7. The van der Waals surface area contributed by atoms with Crippen molar-refractivity contribution in [1.29, 1.82) is 0 Å². The molecule has 0 unspecified atom stereocenters. The van der Waals surface area contributed by atoms with Gasteiger partial charge in [0.15, 0.2) is 9.84 Å². The first-order valence-electron chi connectivity index (χ1n) is 20.6. The van der Waals surface area contributed by atoms with Crippen LogP contribution in [0.4, 0.5) is 5.69 Å². The molecule has 0 bridgehead atoms. The Morgan fingerprint density at radius 3 is 2.36 bits per heavy atom. The van der Waals surface area contributed by atoms with Crippen LogP contribution < -0.4 is 26.2 Å². The Labute approximate surface area is 346 Å². The number of pyridine rings is 1. The number of sulfone groups is 1. The number of fused-ring (bicyclic) bond motifs is 1. The number of imidazole rings is 1. The van der Waals surface area contributed by atoms with Crippen molar-refractivity contribution in [3.63, 3.8) is 0 Å². The molecular weight excluding hydrogens is 777 g/mol. The highest BCUT2D eigenvalue weighted by atomic mass is 32.2. The second kappa shape index (κ2) is 21.7. The first kappa shape index (κ1) is 44.9. The molecule has 1 saturated carbocycles. The van der Waals surface area contributed by atoms with Gasteiger partial charge in [0.2, 0.25) is 29.5 Å². The van der Waals surface area contributed by atoms with Crippen molar-refractivity contribution < 1.29 is 37.5 Å². The maximum absolute atomic E-state index is 14.1. The van der Waals surface area contributed by atoms with Gasteiger partial charge >= 0.3 is 0 Å². The van der Waals surface area contributed by atoms with E-state index in [2.05, 4.69) is 31.2 Å². The van der Waals surface area contributed by atoms with E-state index in [0.29, 0.717) is 25.9 Å². The zero-order valence-electron chi connectivity index (χ0n) is 33.9. The summed E-state index contributed by atoms with van der Waals surface area (Å²) < 4.78 is 27.1. The Hall–Kier alpha value is -5.16. The lowest BCUT2D eigenvalue weighted by molar-refractivity contribution is -0.133. The number of benzene rings is 1. The van der Waals surface area contributed by atoms with Crippen LogP contribution in [0.25, 0.3) is 0 Å². The predicted molar refractivity (Wildman–Crippen MR) is 220 cm³/mol. The van der Waals surface area contributed by atoms with Crippen LogP contribution in [-0.2, 0) is 46.8 Å². The normalized spacial score (nSPS) is 17.3. The van der Waals surface area contributed by atoms with Crippen LogP contribution in [0, 0.1) is 11.8 Å². The molecule has 17 heteroatoms. The summed E-state index contributed by atoms with van der Waals surface area (Å²) in [5.74, 6) is -3.16. The van der Waals surface area contributed by atoms with Crippen molar-refractivity contribution in [3.05, 3.63) is 73.1 Å². The quantitative estimate of drug-likeness (QED) is 0.0987. The minimum absolute atomic E-state index is 0.0220. The van der Waals surface area contributed by atoms with E-state index in [1.807, 2.05) is 54.9 Å². The van der Waals surface area contributed by atoms with Crippen LogP contribution in [0.2, 0.25) is 0 Å². The van der Waals surface area contributed by atoms with E-state index in [0.717, 1.165) is 37.7 Å². The fraction of sp³-hybridized carbons (Fsp3) is 0.548. The van der Waals surface area contributed by atoms with Crippen molar-refractivity contribution in [2.24, 2.45) is 11.8 Å². The molecule has 0 radical (unpaired) electrons. The Morgan fingerprint density at radius 2 is 1.64 bits per heavy atom. The van der Waals surface area contributed by atoms with Crippen molar-refractivity contribution in [3.8, 4) is 0 Å². The number of hydrogen-bond donors (Lipinski definition) is 5. The van der Waals surface area contributed by atoms with Crippen molar-refractivity contribution >= 4 is 45.1 Å². The molecule has 2 aromatic heterocycles. The summed E-state index contributed by atoms with van der Waals surface area (Å²) >= 11 is 0. The third kappa shape index (κ3) is 13.7. The van der Waals surface area contributed by atoms with E-state index in [1.165, 1.54) is 23.4 Å². The topological polar surface area (TPSA) is 222 Å². The lowest BCUT2D eigenvalue weighted by Gasteiger charge is -2.32. The number of aliphatic hydroxyl groups is 1. The molecule has 1 aliphatic carbocycles. The van der Waals surface area contributed by atoms with Crippen molar-refractivity contribution in [1.82, 2.24) is 35.8 Å². The molecule has 5 N–H and O–H groups in total. The number of nitrogens with zero attached hydrogens (tertiary/aromatic N) is 4. The van der Waals surface area contributed by atoms with E-state index in [4.69, 9.17) is 0 Å². The standard InChI is InChI=1S/C42H58N8O8S/c1-29(2)22-33(41(55)47-32(23-30-10-5-3-6-11-30)36(51)25-39(53)45-16-9-19-49-21-18-44-28-49)48-42(56)34(24-31-12-7-4-8-13-31)46-38(52)15-20-50-35-26-43-17-14-37(35)59(57,58)27-40(50)54/h4,7-8,12-14,17-18,21,26,28-30,32-34,36,51H,3,5-6,9-11,15-16,19-20,22-25,27H2,1-2H3,(H,45,53)(H,46,52)(H,47,55)(H,48,56)/t32-,33-,34-,36-/m0/s1. The number of nitrogens with one attached hydrogen (secondary N) is 4. The number of aliphatic hydroxyl groups excluding tert-OH is 1. The van der Waals surface area contributed by atoms with Gasteiger partial charge in [-0.15, -0.1) is 0 Å². The Balaban J connectivity index is 1.25. The van der Waals surface area contributed by atoms with Gasteiger partial charge in [0.05, 0.1) is 41.7 Å². The molecule has 0 saturated heterocycles. The van der Waals surface area contributed by atoms with Crippen LogP contribution >= 0.6 is 0 Å². The molecule has 1 fully saturated rings. The summed E-state index contributed by atoms with van der Waals surface area (Å²) in [5.41, 5.74) is 0.844. The smallest absolute Gasteiger partial charge is 0.243 e. The van der Waals surface area contributed by atoms with Gasteiger partial charge in [-0.2, -0.15) is 0 Å². The number of anilines is 1. The third-order valence-corrected chi connectivity index (χ3v) is 12.5. The van der Waals surface area contributed by atoms with Crippen LogP contribution in [0.3, 0.4) is 0 Å². The van der Waals surface area contributed by atoms with E-state index in [-0.39, 0.29) is 60.6 Å². The van der Waals surface area contributed by atoms with Crippen LogP contribution in [-0.4, -0.2) is 101 Å². The maximum atomic E-state index is 14.1. The van der Waals surface area contributed by atoms with Gasteiger partial charge in [0, 0.05) is 51.1 Å². The molecule has 5 rings (SSSR count). The summed E-state index contributed by atoms with van der Waals surface area (Å²) in [6.45, 7) is 4.79. The van der Waals surface area contributed by atoms with Gasteiger partial charge in [-0.25, -0.2) is 13.4 Å². The number of aryl methyl sites for hydroxylation is 1. The molecule has 0 spiro atoms. The lowest BCUT2D eigenvalue weighted by atomic mass is 9.83. The van der Waals surface area contributed by atoms with Crippen molar-refractivity contribution in [2.45, 2.75) is 120 Å². The first-order chi connectivity index (χ1) is 28.3. The van der Waals surface area contributed by atoms with E-state index >= 15 is 0 Å². The van der Waals surface area contributed by atoms with E-state index < -0.39 is 63.4 Å². The summed E-state index contributed by atoms with van der Waals surface area (Å²) in [6.07, 6.45) is 12.9. The highest BCUT2D eigenvalue weighted by Crippen LogP contribution is 2.30. The summed E-state index contributed by atoms with van der Waals surface area (Å²) in [5, 5.41) is 22.9. The monoisotopic (exact) mass is 834 g/mol. The summed E-state index contributed by atoms with van der Waals surface area (Å²) in [6, 6.07) is 7.52. The van der Waals surface area contributed by atoms with Gasteiger partial charge in [-0.05, 0) is 42.7 Å². The van der Waals surface area contributed by atoms with Gasteiger partial charge in [0.1, 0.15) is 17.8 Å². The predicted octanol–water partition coefficient (Wildman–Crippen LogP) is 2.46.